The summed E-state index contributed by atoms with van der Waals surface area (Å²) in [4.78, 5) is 23.5. The average Bonchev–Trinajstić information content (AvgIpc) is 2.82. The van der Waals surface area contributed by atoms with E-state index in [2.05, 4.69) is 5.32 Å². The zero-order valence-electron chi connectivity index (χ0n) is 12.7. The Hall–Kier alpha value is -2.06. The molecular formula is C15H21N3O4S. The number of fused-ring (bicyclic) bond motifs is 1. The molecule has 1 heterocycles. The van der Waals surface area contributed by atoms with E-state index in [-0.39, 0.29) is 27.4 Å². The molecule has 0 radical (unpaired) electrons. The van der Waals surface area contributed by atoms with E-state index in [4.69, 9.17) is 5.73 Å². The van der Waals surface area contributed by atoms with Gasteiger partial charge in [-0.25, -0.2) is 0 Å². The van der Waals surface area contributed by atoms with Crippen LogP contribution >= 0.6 is 11.5 Å². The molecule has 0 spiro atoms. The molecule has 0 aliphatic heterocycles. The van der Waals surface area contributed by atoms with Crippen molar-refractivity contribution in [2.75, 3.05) is 11.9 Å². The highest BCUT2D eigenvalue weighted by Crippen LogP contribution is 2.34. The van der Waals surface area contributed by atoms with Gasteiger partial charge in [0.15, 0.2) is 5.75 Å². The third-order valence-corrected chi connectivity index (χ3v) is 4.53. The second-order valence-corrected chi connectivity index (χ2v) is 6.30. The van der Waals surface area contributed by atoms with Crippen LogP contribution < -0.4 is 16.6 Å². The topological polar surface area (TPSA) is 118 Å². The van der Waals surface area contributed by atoms with E-state index >= 15 is 0 Å². The zero-order chi connectivity index (χ0) is 16.8. The molecule has 0 saturated heterocycles. The number of phenols is 1. The first-order valence-corrected chi connectivity index (χ1v) is 8.39. The summed E-state index contributed by atoms with van der Waals surface area (Å²) in [6.45, 7) is 0.698. The monoisotopic (exact) mass is 339 g/mol. The van der Waals surface area contributed by atoms with E-state index in [0.717, 1.165) is 43.6 Å². The fourth-order valence-electron chi connectivity index (χ4n) is 2.34. The summed E-state index contributed by atoms with van der Waals surface area (Å²) in [7, 11) is 0. The minimum absolute atomic E-state index is 0.186. The number of nitrogens with one attached hydrogen (secondary N) is 1. The van der Waals surface area contributed by atoms with E-state index in [1.807, 2.05) is 0 Å². The molecule has 0 unspecified atom stereocenters. The van der Waals surface area contributed by atoms with Crippen molar-refractivity contribution in [2.45, 2.75) is 38.5 Å². The number of benzene rings is 1. The molecule has 8 heteroatoms. The Kier molecular flexibility index (Phi) is 6.00. The highest BCUT2D eigenvalue weighted by atomic mass is 32.1. The molecule has 5 N–H and O–H groups in total. The predicted octanol–water partition coefficient (Wildman–Crippen LogP) is 2.24. The van der Waals surface area contributed by atoms with Crippen LogP contribution in [0, 0.1) is 0 Å². The van der Waals surface area contributed by atoms with Gasteiger partial charge < -0.3 is 21.4 Å². The van der Waals surface area contributed by atoms with Crippen LogP contribution in [0.4, 0.5) is 5.69 Å². The van der Waals surface area contributed by atoms with E-state index in [0.29, 0.717) is 17.1 Å². The first-order chi connectivity index (χ1) is 11.0. The molecule has 1 aromatic carbocycles. The summed E-state index contributed by atoms with van der Waals surface area (Å²) in [6, 6.07) is 2.94. The fourth-order valence-corrected chi connectivity index (χ4v) is 3.14. The lowest BCUT2D eigenvalue weighted by molar-refractivity contribution is -0.116. The quantitative estimate of drug-likeness (QED) is 0.334. The molecule has 0 aliphatic rings. The normalized spacial score (nSPS) is 11.0. The number of hydrogen-bond acceptors (Lipinski definition) is 6. The van der Waals surface area contributed by atoms with Crippen molar-refractivity contribution in [3.8, 4) is 5.75 Å². The average molecular weight is 339 g/mol. The summed E-state index contributed by atoms with van der Waals surface area (Å²) >= 11 is 0.724. The molecule has 23 heavy (non-hydrogen) atoms. The number of rotatable bonds is 8. The van der Waals surface area contributed by atoms with Crippen LogP contribution in [0.5, 0.6) is 5.75 Å². The smallest absolute Gasteiger partial charge is 0.302 e. The van der Waals surface area contributed by atoms with Crippen LogP contribution in [-0.4, -0.2) is 26.9 Å². The third kappa shape index (κ3) is 4.23. The lowest BCUT2D eigenvalue weighted by Crippen LogP contribution is -2.11. The second kappa shape index (κ2) is 7.98. The number of unbranched alkanes of at least 4 members (excludes halogenated alkanes) is 4. The molecule has 0 bridgehead atoms. The Morgan fingerprint density at radius 1 is 1.22 bits per heavy atom. The lowest BCUT2D eigenvalue weighted by atomic mass is 10.1. The van der Waals surface area contributed by atoms with E-state index in [9.17, 15) is 19.9 Å². The number of carbonyl (C=O) groups excluding carboxylic acids is 1. The molecule has 2 aromatic rings. The van der Waals surface area contributed by atoms with Crippen molar-refractivity contribution >= 4 is 33.2 Å². The molecule has 0 aliphatic carbocycles. The number of aromatic nitrogens is 1. The van der Waals surface area contributed by atoms with Gasteiger partial charge in [0.2, 0.25) is 5.91 Å². The minimum Gasteiger partial charge on any atom is -0.504 e. The maximum atomic E-state index is 11.9. The Labute approximate surface area is 137 Å². The largest absolute Gasteiger partial charge is 0.504 e. The number of hydrogen-bond donors (Lipinski definition) is 4. The number of phenolic OH excluding ortho intramolecular Hbond substituents is 1. The van der Waals surface area contributed by atoms with Gasteiger partial charge in [0.05, 0.1) is 11.1 Å². The molecule has 0 atom stereocenters. The molecule has 1 aromatic heterocycles. The van der Waals surface area contributed by atoms with Crippen LogP contribution in [0.2, 0.25) is 0 Å². The molecule has 0 fully saturated rings. The highest BCUT2D eigenvalue weighted by Gasteiger charge is 2.15. The summed E-state index contributed by atoms with van der Waals surface area (Å²) in [5.41, 5.74) is 5.07. The van der Waals surface area contributed by atoms with Gasteiger partial charge in [0.25, 0.3) is 0 Å². The van der Waals surface area contributed by atoms with E-state index < -0.39 is 5.56 Å². The summed E-state index contributed by atoms with van der Waals surface area (Å²) in [5.74, 6) is -0.386. The minimum atomic E-state index is -0.587. The number of nitrogens with two attached hydrogens (primary N) is 1. The van der Waals surface area contributed by atoms with Gasteiger partial charge in [-0.15, -0.1) is 0 Å². The SMILES string of the molecule is NCCCCCCCC(=O)Nc1ccc2c(=O)n(O)sc2c1O. The zero-order valence-corrected chi connectivity index (χ0v) is 13.6. The summed E-state index contributed by atoms with van der Waals surface area (Å²) in [6.07, 6.45) is 5.25. The Bertz CT molecular complexity index is 738. The lowest BCUT2D eigenvalue weighted by Gasteiger charge is -2.07. The van der Waals surface area contributed by atoms with Crippen molar-refractivity contribution in [3.63, 3.8) is 0 Å². The Balaban J connectivity index is 1.92. The van der Waals surface area contributed by atoms with Crippen molar-refractivity contribution in [1.29, 1.82) is 0 Å². The van der Waals surface area contributed by atoms with Crippen LogP contribution in [0.1, 0.15) is 38.5 Å². The van der Waals surface area contributed by atoms with Crippen molar-refractivity contribution in [2.24, 2.45) is 5.73 Å². The van der Waals surface area contributed by atoms with Gasteiger partial charge in [0.1, 0.15) is 4.70 Å². The molecular weight excluding hydrogens is 318 g/mol. The van der Waals surface area contributed by atoms with Gasteiger partial charge in [-0.2, -0.15) is 0 Å². The van der Waals surface area contributed by atoms with Gasteiger partial charge in [-0.05, 0) is 43.1 Å². The third-order valence-electron chi connectivity index (χ3n) is 3.60. The molecule has 7 nitrogen and oxygen atoms in total. The Morgan fingerprint density at radius 3 is 2.65 bits per heavy atom. The molecule has 126 valence electrons. The number of amides is 1. The highest BCUT2D eigenvalue weighted by molar-refractivity contribution is 7.14. The van der Waals surface area contributed by atoms with Crippen molar-refractivity contribution < 1.29 is 15.1 Å². The fraction of sp³-hybridized carbons (Fsp3) is 0.467. The molecule has 0 saturated carbocycles. The number of anilines is 1. The maximum Gasteiger partial charge on any atom is 0.302 e. The predicted molar refractivity (Wildman–Crippen MR) is 90.3 cm³/mol. The van der Waals surface area contributed by atoms with Crippen LogP contribution in [0.25, 0.3) is 10.1 Å². The summed E-state index contributed by atoms with van der Waals surface area (Å²) in [5, 5.41) is 22.3. The number of nitrogens with zero attached hydrogens (tertiary/aromatic N) is 1. The van der Waals surface area contributed by atoms with E-state index in [1.54, 1.807) is 0 Å². The maximum absolute atomic E-state index is 11.9. The standard InChI is InChI=1S/C15H21N3O4S/c16-9-5-3-1-2-4-6-12(19)17-11-8-7-10-14(13(11)20)23-18(22)15(10)21/h7-8,20,22H,1-6,9,16H2,(H,17,19). The van der Waals surface area contributed by atoms with Gasteiger partial charge in [-0.3, -0.25) is 9.59 Å². The molecule has 1 amide bonds. The van der Waals surface area contributed by atoms with Gasteiger partial charge >= 0.3 is 5.56 Å². The van der Waals surface area contributed by atoms with Crippen LogP contribution in [0.15, 0.2) is 16.9 Å². The first-order valence-electron chi connectivity index (χ1n) is 7.61. The van der Waals surface area contributed by atoms with Gasteiger partial charge in [-0.1, -0.05) is 23.4 Å². The Morgan fingerprint density at radius 2 is 1.91 bits per heavy atom. The van der Waals surface area contributed by atoms with E-state index in [1.165, 1.54) is 12.1 Å². The summed E-state index contributed by atoms with van der Waals surface area (Å²) < 4.78 is 0.703. The van der Waals surface area contributed by atoms with Crippen molar-refractivity contribution in [3.05, 3.63) is 22.5 Å². The first kappa shape index (κ1) is 17.3. The number of carbonyl (C=O) groups is 1. The van der Waals surface area contributed by atoms with Gasteiger partial charge in [0, 0.05) is 6.42 Å². The van der Waals surface area contributed by atoms with Crippen LogP contribution in [0.3, 0.4) is 0 Å². The second-order valence-electron chi connectivity index (χ2n) is 5.36. The van der Waals surface area contributed by atoms with Crippen LogP contribution in [-0.2, 0) is 4.79 Å². The molecule has 2 rings (SSSR count). The number of aromatic hydroxyl groups is 1. The van der Waals surface area contributed by atoms with Crippen molar-refractivity contribution in [1.82, 2.24) is 4.12 Å².